The lowest BCUT2D eigenvalue weighted by Crippen LogP contribution is -2.57. The number of methoxy groups -OCH3 is 2. The molecule has 3 aromatic rings. The highest BCUT2D eigenvalue weighted by molar-refractivity contribution is 5.88. The first kappa shape index (κ1) is 54.4. The molecule has 1 amide bonds. The van der Waals surface area contributed by atoms with Gasteiger partial charge in [-0.1, -0.05) is 54.6 Å². The van der Waals surface area contributed by atoms with Gasteiger partial charge in [0.1, 0.15) is 11.1 Å². The number of primary amides is 1. The summed E-state index contributed by atoms with van der Waals surface area (Å²) in [6.45, 7) is 18.6. The molecule has 3 aromatic carbocycles. The van der Waals surface area contributed by atoms with Crippen molar-refractivity contribution in [2.24, 2.45) is 5.73 Å². The molecule has 3 fully saturated rings. The van der Waals surface area contributed by atoms with Crippen LogP contribution in [0.25, 0.3) is 4.85 Å². The third-order valence-corrected chi connectivity index (χ3v) is 12.6. The van der Waals surface area contributed by atoms with Crippen LogP contribution in [-0.4, -0.2) is 148 Å². The number of para-hydroxylation sites is 3. The van der Waals surface area contributed by atoms with E-state index in [4.69, 9.17) is 26.5 Å². The van der Waals surface area contributed by atoms with Crippen molar-refractivity contribution < 1.29 is 42.9 Å². The minimum absolute atomic E-state index is 0.146. The summed E-state index contributed by atoms with van der Waals surface area (Å²) in [5.74, 6) is -1.11. The van der Waals surface area contributed by atoms with Crippen LogP contribution in [0.4, 0.5) is 17.1 Å². The minimum Gasteiger partial charge on any atom is -0.469 e. The molecular formula is C51H72N8O9. The van der Waals surface area contributed by atoms with Crippen LogP contribution in [-0.2, 0) is 42.9 Å². The van der Waals surface area contributed by atoms with E-state index < -0.39 is 16.7 Å². The maximum atomic E-state index is 12.3. The number of carbonyl (C=O) groups excluding carboxylic acids is 5. The SMILES string of the molecule is CCOC(=O)CCN1CCC(Nc2ccccc2)(C(N)=O)CC1.COC(=O)CCN1CCC(Nc2ccccc2)(C(=O)OC)CC1.[C-]#[N+]C1(Nc2ccccc2)CCN(CCC(=O)OCC)CC1. The van der Waals surface area contributed by atoms with E-state index in [1.165, 1.54) is 14.2 Å². The van der Waals surface area contributed by atoms with Crippen LogP contribution >= 0.6 is 0 Å². The van der Waals surface area contributed by atoms with Crippen LogP contribution in [0.1, 0.15) is 71.6 Å². The molecule has 0 saturated carbocycles. The molecule has 0 unspecified atom stereocenters. The number of amides is 1. The number of nitrogens with one attached hydrogen (secondary N) is 3. The number of hydrogen-bond acceptors (Lipinski definition) is 15. The first-order chi connectivity index (χ1) is 32.8. The summed E-state index contributed by atoms with van der Waals surface area (Å²) in [6.07, 6.45) is 5.20. The van der Waals surface area contributed by atoms with Crippen molar-refractivity contribution in [3.05, 3.63) is 102 Å². The third-order valence-electron chi connectivity index (χ3n) is 12.6. The van der Waals surface area contributed by atoms with E-state index >= 15 is 0 Å². The standard InChI is InChI=1S/C17H25N3O3.C17H23N3O2.C17H24N2O4/c1-2-23-15(21)8-11-20-12-9-17(10-13-20,16(18)22)19-14-6-4-3-5-7-14;1-3-22-16(21)9-12-20-13-10-17(18-2,11-14-20)19-15-7-5-4-6-8-15;1-22-15(20)8-11-19-12-9-17(10-13-19,16(21)23-2)18-14-6-4-3-5-7-14/h3-7,19H,2,8-13H2,1H3,(H2,18,22);4-8,19H,3,9-14H2,1H3;3-7,18H,8-13H2,1-2H3. The lowest BCUT2D eigenvalue weighted by Gasteiger charge is -2.40. The molecule has 17 nitrogen and oxygen atoms in total. The Labute approximate surface area is 402 Å². The van der Waals surface area contributed by atoms with Gasteiger partial charge in [-0.3, -0.25) is 24.0 Å². The Bertz CT molecular complexity index is 2030. The van der Waals surface area contributed by atoms with Crippen molar-refractivity contribution in [1.29, 1.82) is 0 Å². The smallest absolute Gasteiger partial charge is 0.331 e. The van der Waals surface area contributed by atoms with Gasteiger partial charge in [-0.05, 0) is 75.9 Å². The largest absolute Gasteiger partial charge is 0.469 e. The average Bonchev–Trinajstić information content (AvgIpc) is 3.37. The fraction of sp³-hybridized carbons (Fsp3) is 0.529. The van der Waals surface area contributed by atoms with Gasteiger partial charge in [0, 0.05) is 76.0 Å². The molecule has 0 bridgehead atoms. The summed E-state index contributed by atoms with van der Waals surface area (Å²) < 4.78 is 19.6. The van der Waals surface area contributed by atoms with Gasteiger partial charge < -0.3 is 55.3 Å². The van der Waals surface area contributed by atoms with Crippen molar-refractivity contribution in [3.63, 3.8) is 0 Å². The van der Waals surface area contributed by atoms with Gasteiger partial charge in [0.25, 0.3) is 0 Å². The summed E-state index contributed by atoms with van der Waals surface area (Å²) in [5, 5.41) is 10.0. The van der Waals surface area contributed by atoms with E-state index in [1.54, 1.807) is 6.92 Å². The monoisotopic (exact) mass is 941 g/mol. The molecule has 68 heavy (non-hydrogen) atoms. The molecule has 17 heteroatoms. The fourth-order valence-corrected chi connectivity index (χ4v) is 8.44. The van der Waals surface area contributed by atoms with E-state index in [2.05, 4.69) is 40.2 Å². The van der Waals surface area contributed by atoms with E-state index in [0.717, 1.165) is 69.2 Å². The second-order valence-corrected chi connectivity index (χ2v) is 17.1. The lowest BCUT2D eigenvalue weighted by molar-refractivity contribution is -0.148. The topological polar surface area (TPSA) is 198 Å². The molecular weight excluding hydrogens is 869 g/mol. The predicted molar refractivity (Wildman–Crippen MR) is 262 cm³/mol. The Kier molecular flexibility index (Phi) is 22.5. The molecule has 5 N–H and O–H groups in total. The molecule has 6 rings (SSSR count). The number of anilines is 3. The molecule has 0 radical (unpaired) electrons. The first-order valence-corrected chi connectivity index (χ1v) is 23.6. The maximum Gasteiger partial charge on any atom is 0.331 e. The van der Waals surface area contributed by atoms with Crippen LogP contribution in [0.5, 0.6) is 0 Å². The van der Waals surface area contributed by atoms with Crippen molar-refractivity contribution in [2.75, 3.05) is 102 Å². The number of esters is 4. The number of likely N-dealkylation sites (tertiary alicyclic amines) is 3. The zero-order valence-electron chi connectivity index (χ0n) is 40.3. The number of benzene rings is 3. The molecule has 3 saturated heterocycles. The van der Waals surface area contributed by atoms with Gasteiger partial charge in [-0.15, -0.1) is 0 Å². The zero-order chi connectivity index (χ0) is 49.3. The summed E-state index contributed by atoms with van der Waals surface area (Å²) in [6, 6.07) is 29.2. The van der Waals surface area contributed by atoms with E-state index in [-0.39, 0.29) is 29.8 Å². The number of nitrogens with zero attached hydrogens (tertiary/aromatic N) is 4. The number of carbonyl (C=O) groups is 5. The maximum absolute atomic E-state index is 12.3. The molecule has 0 aliphatic carbocycles. The van der Waals surface area contributed by atoms with Crippen LogP contribution in [0.2, 0.25) is 0 Å². The average molecular weight is 941 g/mol. The fourth-order valence-electron chi connectivity index (χ4n) is 8.44. The molecule has 3 heterocycles. The normalized spacial score (nSPS) is 17.4. The molecule has 0 spiro atoms. The van der Waals surface area contributed by atoms with Crippen molar-refractivity contribution in [1.82, 2.24) is 14.7 Å². The molecule has 370 valence electrons. The highest BCUT2D eigenvalue weighted by atomic mass is 16.5. The third kappa shape index (κ3) is 17.5. The van der Waals surface area contributed by atoms with Gasteiger partial charge in [0.05, 0.1) is 59.5 Å². The molecule has 0 aromatic heterocycles. The van der Waals surface area contributed by atoms with Crippen molar-refractivity contribution in [3.8, 4) is 0 Å². The molecule has 0 atom stereocenters. The van der Waals surface area contributed by atoms with Crippen molar-refractivity contribution >= 4 is 46.8 Å². The van der Waals surface area contributed by atoms with E-state index in [0.29, 0.717) is 77.8 Å². The van der Waals surface area contributed by atoms with Crippen LogP contribution < -0.4 is 21.7 Å². The summed E-state index contributed by atoms with van der Waals surface area (Å²) in [7, 11) is 2.81. The molecule has 3 aliphatic rings. The molecule has 3 aliphatic heterocycles. The Balaban J connectivity index is 0.000000222. The number of hydrogen-bond donors (Lipinski definition) is 4. The lowest BCUT2D eigenvalue weighted by atomic mass is 9.86. The van der Waals surface area contributed by atoms with Crippen LogP contribution in [0.15, 0.2) is 91.0 Å². The van der Waals surface area contributed by atoms with Gasteiger partial charge in [-0.25, -0.2) is 11.4 Å². The number of ether oxygens (including phenoxy) is 4. The summed E-state index contributed by atoms with van der Waals surface area (Å²) >= 11 is 0. The van der Waals surface area contributed by atoms with Crippen LogP contribution in [0.3, 0.4) is 0 Å². The second-order valence-electron chi connectivity index (χ2n) is 17.1. The Morgan fingerprint density at radius 3 is 1.25 bits per heavy atom. The summed E-state index contributed by atoms with van der Waals surface area (Å²) in [5.41, 5.74) is 6.49. The first-order valence-electron chi connectivity index (χ1n) is 23.6. The van der Waals surface area contributed by atoms with E-state index in [1.807, 2.05) is 97.9 Å². The van der Waals surface area contributed by atoms with Crippen LogP contribution in [0, 0.1) is 6.57 Å². The summed E-state index contributed by atoms with van der Waals surface area (Å²) in [4.78, 5) is 68.8. The van der Waals surface area contributed by atoms with Gasteiger partial charge in [-0.2, -0.15) is 0 Å². The second kappa shape index (κ2) is 28.2. The zero-order valence-corrected chi connectivity index (χ0v) is 40.3. The number of piperidine rings is 3. The highest BCUT2D eigenvalue weighted by Gasteiger charge is 2.43. The minimum atomic E-state index is -0.720. The Hall–Kier alpha value is -6.22. The highest BCUT2D eigenvalue weighted by Crippen LogP contribution is 2.31. The predicted octanol–water partition coefficient (Wildman–Crippen LogP) is 5.80. The number of rotatable bonds is 19. The van der Waals surface area contributed by atoms with Crippen molar-refractivity contribution in [2.45, 2.75) is 88.4 Å². The number of nitrogens with two attached hydrogens (primary N) is 1. The Morgan fingerprint density at radius 2 is 0.897 bits per heavy atom. The quantitative estimate of drug-likeness (QED) is 0.0638. The van der Waals surface area contributed by atoms with Gasteiger partial charge in [0.15, 0.2) is 0 Å². The Morgan fingerprint density at radius 1 is 0.544 bits per heavy atom. The van der Waals surface area contributed by atoms with Gasteiger partial charge in [0.2, 0.25) is 5.91 Å². The van der Waals surface area contributed by atoms with Gasteiger partial charge >= 0.3 is 29.5 Å². The van der Waals surface area contributed by atoms with E-state index in [9.17, 15) is 24.0 Å².